The van der Waals surface area contributed by atoms with Crippen LogP contribution in [-0.4, -0.2) is 32.9 Å². The molecular weight excluding hydrogens is 256 g/mol. The zero-order valence-electron chi connectivity index (χ0n) is 11.1. The molecule has 1 N–H and O–H groups in total. The van der Waals surface area contributed by atoms with Crippen LogP contribution < -0.4 is 0 Å². The first-order valence-electron chi connectivity index (χ1n) is 5.39. The first-order chi connectivity index (χ1) is 8.27. The predicted octanol–water partition coefficient (Wildman–Crippen LogP) is 1.92. The number of phenols is 1. The minimum atomic E-state index is -3.43. The van der Waals surface area contributed by atoms with Crippen molar-refractivity contribution in [2.75, 3.05) is 13.4 Å². The molecule has 5 nitrogen and oxygen atoms in total. The number of hydrogen-bond acceptors (Lipinski definition) is 5. The highest BCUT2D eigenvalue weighted by Crippen LogP contribution is 2.26. The van der Waals surface area contributed by atoms with Crippen LogP contribution >= 0.6 is 0 Å². The Morgan fingerprint density at radius 3 is 2.17 bits per heavy atom. The summed E-state index contributed by atoms with van der Waals surface area (Å²) in [5.41, 5.74) is 0.159. The van der Waals surface area contributed by atoms with Crippen molar-refractivity contribution >= 4 is 15.8 Å². The molecule has 1 rings (SSSR count). The number of hydrogen-bond donors (Lipinski definition) is 1. The number of methoxy groups -OCH3 is 1. The smallest absolute Gasteiger partial charge is 0.341 e. The fourth-order valence-corrected chi connectivity index (χ4v) is 1.95. The van der Waals surface area contributed by atoms with E-state index < -0.39 is 15.8 Å². The standard InChI is InChI=1S/C10H12O5S.C2H6/c1-6-4-7(16(3,13)14)5-8(9(6)11)10(12)15-2;1-2/h4-5,11H,1-3H3;1-2H3. The second-order valence-corrected chi connectivity index (χ2v) is 5.42. The van der Waals surface area contributed by atoms with E-state index in [-0.39, 0.29) is 16.2 Å². The van der Waals surface area contributed by atoms with Crippen LogP contribution in [0.3, 0.4) is 0 Å². The van der Waals surface area contributed by atoms with Gasteiger partial charge in [-0.05, 0) is 24.6 Å². The van der Waals surface area contributed by atoms with Crippen LogP contribution in [0, 0.1) is 6.92 Å². The third kappa shape index (κ3) is 3.73. The van der Waals surface area contributed by atoms with Crippen molar-refractivity contribution in [2.24, 2.45) is 0 Å². The summed E-state index contributed by atoms with van der Waals surface area (Å²) in [6, 6.07) is 2.40. The zero-order valence-corrected chi connectivity index (χ0v) is 12.0. The van der Waals surface area contributed by atoms with E-state index in [9.17, 15) is 18.3 Å². The molecule has 0 atom stereocenters. The van der Waals surface area contributed by atoms with Gasteiger partial charge in [0, 0.05) is 6.26 Å². The lowest BCUT2D eigenvalue weighted by Gasteiger charge is -2.08. The van der Waals surface area contributed by atoms with Crippen molar-refractivity contribution in [1.82, 2.24) is 0 Å². The molecule has 0 aromatic heterocycles. The molecule has 0 radical (unpaired) electrons. The SMILES string of the molecule is CC.COC(=O)c1cc(S(C)(=O)=O)cc(C)c1O. The monoisotopic (exact) mass is 274 g/mol. The van der Waals surface area contributed by atoms with Gasteiger partial charge in [-0.3, -0.25) is 0 Å². The van der Waals surface area contributed by atoms with E-state index in [1.807, 2.05) is 13.8 Å². The number of rotatable bonds is 2. The lowest BCUT2D eigenvalue weighted by atomic mass is 10.1. The number of aryl methyl sites for hydroxylation is 1. The molecule has 0 unspecified atom stereocenters. The minimum Gasteiger partial charge on any atom is -0.507 e. The maximum absolute atomic E-state index is 11.3. The lowest BCUT2D eigenvalue weighted by Crippen LogP contribution is -2.06. The van der Waals surface area contributed by atoms with Gasteiger partial charge in [0.15, 0.2) is 9.84 Å². The highest BCUT2D eigenvalue weighted by atomic mass is 32.2. The average Bonchev–Trinajstić information content (AvgIpc) is 2.32. The maximum Gasteiger partial charge on any atom is 0.341 e. The van der Waals surface area contributed by atoms with Gasteiger partial charge in [0.1, 0.15) is 11.3 Å². The number of phenolic OH excluding ortho intramolecular Hbond substituents is 1. The fourth-order valence-electron chi connectivity index (χ4n) is 1.23. The molecule has 6 heteroatoms. The van der Waals surface area contributed by atoms with Crippen LogP contribution in [0.15, 0.2) is 17.0 Å². The van der Waals surface area contributed by atoms with Crippen molar-refractivity contribution in [3.63, 3.8) is 0 Å². The molecule has 0 fully saturated rings. The molecule has 0 bridgehead atoms. The molecule has 0 aliphatic heterocycles. The fraction of sp³-hybridized carbons (Fsp3) is 0.417. The highest BCUT2D eigenvalue weighted by molar-refractivity contribution is 7.90. The van der Waals surface area contributed by atoms with Crippen LogP contribution in [0.4, 0.5) is 0 Å². The molecule has 0 saturated heterocycles. The Kier molecular flexibility index (Phi) is 5.84. The third-order valence-corrected chi connectivity index (χ3v) is 3.20. The van der Waals surface area contributed by atoms with Crippen molar-refractivity contribution in [2.45, 2.75) is 25.7 Å². The van der Waals surface area contributed by atoms with Crippen LogP contribution in [0.2, 0.25) is 0 Å². The van der Waals surface area contributed by atoms with Gasteiger partial charge in [0.25, 0.3) is 0 Å². The van der Waals surface area contributed by atoms with Gasteiger partial charge in [-0.25, -0.2) is 13.2 Å². The Labute approximate surface area is 107 Å². The minimum absolute atomic E-state index is 0.0248. The second kappa shape index (κ2) is 6.39. The summed E-state index contributed by atoms with van der Waals surface area (Å²) in [5, 5.41) is 9.59. The summed E-state index contributed by atoms with van der Waals surface area (Å²) in [7, 11) is -2.27. The Balaban J connectivity index is 0.00000137. The van der Waals surface area contributed by atoms with Crippen molar-refractivity contribution < 1.29 is 23.1 Å². The van der Waals surface area contributed by atoms with Gasteiger partial charge in [0.05, 0.1) is 12.0 Å². The number of esters is 1. The van der Waals surface area contributed by atoms with Crippen LogP contribution in [0.25, 0.3) is 0 Å². The van der Waals surface area contributed by atoms with E-state index in [0.717, 1.165) is 19.4 Å². The Morgan fingerprint density at radius 1 is 1.28 bits per heavy atom. The molecule has 0 aliphatic rings. The number of benzene rings is 1. The Morgan fingerprint density at radius 2 is 1.78 bits per heavy atom. The molecule has 1 aromatic carbocycles. The second-order valence-electron chi connectivity index (χ2n) is 3.40. The van der Waals surface area contributed by atoms with Gasteiger partial charge in [-0.15, -0.1) is 0 Å². The summed E-state index contributed by atoms with van der Waals surface area (Å²) in [4.78, 5) is 11.3. The van der Waals surface area contributed by atoms with Crippen molar-refractivity contribution in [3.8, 4) is 5.75 Å². The molecular formula is C12H18O5S. The van der Waals surface area contributed by atoms with Crippen LogP contribution in [0.5, 0.6) is 5.75 Å². The van der Waals surface area contributed by atoms with Crippen LogP contribution in [0.1, 0.15) is 29.8 Å². The molecule has 102 valence electrons. The van der Waals surface area contributed by atoms with E-state index in [4.69, 9.17) is 0 Å². The third-order valence-electron chi connectivity index (χ3n) is 2.11. The van der Waals surface area contributed by atoms with Gasteiger partial charge in [-0.2, -0.15) is 0 Å². The molecule has 1 aromatic rings. The molecule has 0 spiro atoms. The Bertz CT molecular complexity index is 532. The van der Waals surface area contributed by atoms with Gasteiger partial charge in [0.2, 0.25) is 0 Å². The molecule has 0 amide bonds. The zero-order chi connectivity index (χ0) is 14.5. The van der Waals surface area contributed by atoms with E-state index in [1.165, 1.54) is 13.0 Å². The van der Waals surface area contributed by atoms with Gasteiger partial charge in [-0.1, -0.05) is 13.8 Å². The van der Waals surface area contributed by atoms with E-state index in [2.05, 4.69) is 4.74 Å². The average molecular weight is 274 g/mol. The van der Waals surface area contributed by atoms with Crippen LogP contribution in [-0.2, 0) is 14.6 Å². The topological polar surface area (TPSA) is 80.7 Å². The number of carbonyl (C=O) groups excluding carboxylic acids is 1. The number of ether oxygens (including phenoxy) is 1. The lowest BCUT2D eigenvalue weighted by molar-refractivity contribution is 0.0597. The van der Waals surface area contributed by atoms with Gasteiger partial charge < -0.3 is 9.84 Å². The highest BCUT2D eigenvalue weighted by Gasteiger charge is 2.18. The first-order valence-corrected chi connectivity index (χ1v) is 7.28. The first kappa shape index (κ1) is 16.4. The Hall–Kier alpha value is -1.56. The van der Waals surface area contributed by atoms with Crippen molar-refractivity contribution in [1.29, 1.82) is 0 Å². The summed E-state index contributed by atoms with van der Waals surface area (Å²) in [6.45, 7) is 5.51. The number of carbonyl (C=O) groups is 1. The normalized spacial score (nSPS) is 10.3. The number of sulfone groups is 1. The summed E-state index contributed by atoms with van der Waals surface area (Å²) in [6.07, 6.45) is 1.03. The molecule has 18 heavy (non-hydrogen) atoms. The molecule has 0 saturated carbocycles. The van der Waals surface area contributed by atoms with Crippen molar-refractivity contribution in [3.05, 3.63) is 23.3 Å². The number of aromatic hydroxyl groups is 1. The summed E-state index contributed by atoms with van der Waals surface area (Å²) >= 11 is 0. The molecule has 0 aliphatic carbocycles. The van der Waals surface area contributed by atoms with E-state index >= 15 is 0 Å². The maximum atomic E-state index is 11.3. The van der Waals surface area contributed by atoms with E-state index in [0.29, 0.717) is 5.56 Å². The summed E-state index contributed by atoms with van der Waals surface area (Å²) < 4.78 is 27.1. The predicted molar refractivity (Wildman–Crippen MR) is 68.6 cm³/mol. The van der Waals surface area contributed by atoms with E-state index in [1.54, 1.807) is 0 Å². The molecule has 0 heterocycles. The summed E-state index contributed by atoms with van der Waals surface area (Å²) in [5.74, 6) is -1.04. The largest absolute Gasteiger partial charge is 0.507 e. The van der Waals surface area contributed by atoms with Gasteiger partial charge >= 0.3 is 5.97 Å². The quantitative estimate of drug-likeness (QED) is 0.833.